The van der Waals surface area contributed by atoms with Crippen LogP contribution >= 0.6 is 0 Å². The Morgan fingerprint density at radius 3 is 2.71 bits per heavy atom. The summed E-state index contributed by atoms with van der Waals surface area (Å²) in [7, 11) is 1.55. The molecule has 0 atom stereocenters. The molecule has 1 heterocycles. The number of ether oxygens (including phenoxy) is 1. The fourth-order valence-electron chi connectivity index (χ4n) is 1.59. The molecule has 0 aliphatic rings. The summed E-state index contributed by atoms with van der Waals surface area (Å²) in [4.78, 5) is 26.2. The van der Waals surface area contributed by atoms with Crippen LogP contribution < -0.4 is 15.4 Å². The van der Waals surface area contributed by atoms with E-state index in [1.54, 1.807) is 13.1 Å². The molecule has 8 heteroatoms. The number of hydrogen-bond donors (Lipinski definition) is 1. The summed E-state index contributed by atoms with van der Waals surface area (Å²) in [5, 5.41) is 10.8. The van der Waals surface area contributed by atoms with E-state index in [2.05, 4.69) is 4.98 Å². The summed E-state index contributed by atoms with van der Waals surface area (Å²) in [6.45, 7) is 0. The third kappa shape index (κ3) is 3.24. The minimum Gasteiger partial charge on any atom is -0.457 e. The molecule has 0 aliphatic carbocycles. The van der Waals surface area contributed by atoms with Crippen molar-refractivity contribution in [3.63, 3.8) is 0 Å². The van der Waals surface area contributed by atoms with Gasteiger partial charge in [-0.1, -0.05) is 0 Å². The average Bonchev–Trinajstić information content (AvgIpc) is 2.48. The van der Waals surface area contributed by atoms with E-state index >= 15 is 0 Å². The van der Waals surface area contributed by atoms with Crippen molar-refractivity contribution in [1.82, 2.24) is 4.98 Å². The normalized spacial score (nSPS) is 9.95. The average molecular weight is 288 g/mol. The molecule has 0 aliphatic heterocycles. The number of nitro benzene ring substituents is 1. The van der Waals surface area contributed by atoms with Crippen molar-refractivity contribution in [1.29, 1.82) is 0 Å². The number of rotatable bonds is 5. The Labute approximate surface area is 119 Å². The minimum absolute atomic E-state index is 0.0588. The Kier molecular flexibility index (Phi) is 3.98. The molecular formula is C13H12N4O4. The lowest BCUT2D eigenvalue weighted by Gasteiger charge is -2.11. The zero-order chi connectivity index (χ0) is 15.4. The number of nitrogens with zero attached hydrogens (tertiary/aromatic N) is 3. The summed E-state index contributed by atoms with van der Waals surface area (Å²) >= 11 is 0. The predicted octanol–water partition coefficient (Wildman–Crippen LogP) is 1.96. The largest absolute Gasteiger partial charge is 0.457 e. The van der Waals surface area contributed by atoms with Crippen LogP contribution in [0.5, 0.6) is 11.5 Å². The molecule has 0 fully saturated rings. The lowest BCUT2D eigenvalue weighted by molar-refractivity contribution is -0.384. The van der Waals surface area contributed by atoms with E-state index in [0.717, 1.165) is 0 Å². The fraction of sp³-hybridized carbons (Fsp3) is 0.0769. The van der Waals surface area contributed by atoms with Crippen LogP contribution in [0.4, 0.5) is 17.2 Å². The number of aromatic nitrogens is 1. The number of benzene rings is 1. The van der Waals surface area contributed by atoms with Crippen LogP contribution in [-0.4, -0.2) is 23.4 Å². The molecule has 1 amide bonds. The molecule has 0 saturated carbocycles. The Bertz CT molecular complexity index is 690. The van der Waals surface area contributed by atoms with Gasteiger partial charge in [-0.15, -0.1) is 0 Å². The van der Waals surface area contributed by atoms with Gasteiger partial charge in [-0.05, 0) is 18.2 Å². The van der Waals surface area contributed by atoms with E-state index in [1.807, 2.05) is 0 Å². The maximum atomic E-state index is 10.8. The summed E-state index contributed by atoms with van der Waals surface area (Å²) in [5.41, 5.74) is 5.34. The second-order valence-electron chi connectivity index (χ2n) is 4.15. The zero-order valence-electron chi connectivity index (χ0n) is 11.1. The van der Waals surface area contributed by atoms with Gasteiger partial charge in [-0.25, -0.2) is 4.98 Å². The van der Waals surface area contributed by atoms with Gasteiger partial charge in [0.1, 0.15) is 23.0 Å². The van der Waals surface area contributed by atoms with Gasteiger partial charge in [0.2, 0.25) is 6.41 Å². The Morgan fingerprint density at radius 1 is 1.33 bits per heavy atom. The van der Waals surface area contributed by atoms with E-state index in [1.165, 1.54) is 35.4 Å². The van der Waals surface area contributed by atoms with Gasteiger partial charge in [0.15, 0.2) is 0 Å². The third-order valence-electron chi connectivity index (χ3n) is 2.67. The first-order valence-electron chi connectivity index (χ1n) is 5.87. The second-order valence-corrected chi connectivity index (χ2v) is 4.15. The number of pyridine rings is 1. The lowest BCUT2D eigenvalue weighted by Crippen LogP contribution is -2.14. The second kappa shape index (κ2) is 5.87. The highest BCUT2D eigenvalue weighted by Gasteiger charge is 2.13. The van der Waals surface area contributed by atoms with Crippen LogP contribution in [0.25, 0.3) is 0 Å². The van der Waals surface area contributed by atoms with E-state index in [4.69, 9.17) is 10.5 Å². The topological polar surface area (TPSA) is 112 Å². The molecule has 8 nitrogen and oxygen atoms in total. The summed E-state index contributed by atoms with van der Waals surface area (Å²) in [6.07, 6.45) is 2.08. The molecule has 0 bridgehead atoms. The first-order valence-corrected chi connectivity index (χ1v) is 5.87. The molecule has 2 rings (SSSR count). The number of amides is 1. The maximum absolute atomic E-state index is 10.8. The van der Waals surface area contributed by atoms with Crippen molar-refractivity contribution in [2.24, 2.45) is 0 Å². The van der Waals surface area contributed by atoms with Crippen LogP contribution in [0.15, 0.2) is 36.5 Å². The number of nitrogen functional groups attached to an aromatic ring is 1. The fourth-order valence-corrected chi connectivity index (χ4v) is 1.59. The minimum atomic E-state index is -0.583. The molecule has 0 spiro atoms. The maximum Gasteiger partial charge on any atom is 0.295 e. The molecule has 1 aromatic carbocycles. The highest BCUT2D eigenvalue weighted by Crippen LogP contribution is 2.30. The van der Waals surface area contributed by atoms with Crippen LogP contribution in [0.2, 0.25) is 0 Å². The lowest BCUT2D eigenvalue weighted by atomic mass is 10.2. The Balaban J connectivity index is 2.28. The number of carbonyl (C=O) groups excluding carboxylic acids is 1. The quantitative estimate of drug-likeness (QED) is 0.389. The van der Waals surface area contributed by atoms with E-state index < -0.39 is 4.92 Å². The van der Waals surface area contributed by atoms with Gasteiger partial charge in [0.25, 0.3) is 5.69 Å². The Morgan fingerprint density at radius 2 is 2.05 bits per heavy atom. The smallest absolute Gasteiger partial charge is 0.295 e. The van der Waals surface area contributed by atoms with Crippen LogP contribution in [0.1, 0.15) is 0 Å². The zero-order valence-corrected chi connectivity index (χ0v) is 11.1. The summed E-state index contributed by atoms with van der Waals surface area (Å²) < 4.78 is 5.52. The number of anilines is 2. The number of nitrogens with two attached hydrogens (primary N) is 1. The molecule has 0 unspecified atom stereocenters. The molecule has 108 valence electrons. The first kappa shape index (κ1) is 14.3. The van der Waals surface area contributed by atoms with Crippen LogP contribution in [0, 0.1) is 10.1 Å². The molecule has 2 N–H and O–H groups in total. The molecular weight excluding hydrogens is 276 g/mol. The van der Waals surface area contributed by atoms with Crippen molar-refractivity contribution in [2.45, 2.75) is 0 Å². The molecule has 1 aromatic heterocycles. The molecule has 2 aromatic rings. The molecule has 0 saturated heterocycles. The van der Waals surface area contributed by atoms with Gasteiger partial charge in [-0.2, -0.15) is 0 Å². The van der Waals surface area contributed by atoms with Crippen LogP contribution in [0.3, 0.4) is 0 Å². The van der Waals surface area contributed by atoms with Gasteiger partial charge >= 0.3 is 0 Å². The Hall–Kier alpha value is -3.16. The van der Waals surface area contributed by atoms with E-state index in [9.17, 15) is 14.9 Å². The predicted molar refractivity (Wildman–Crippen MR) is 76.3 cm³/mol. The van der Waals surface area contributed by atoms with Gasteiger partial charge in [0.05, 0.1) is 11.0 Å². The number of nitro groups is 1. The highest BCUT2D eigenvalue weighted by atomic mass is 16.6. The van der Waals surface area contributed by atoms with Crippen molar-refractivity contribution in [2.75, 3.05) is 17.7 Å². The standard InChI is InChI=1S/C13H12N4O4/c1-16(8-18)13-7-10(4-5-15-13)21-9-2-3-11(14)12(6-9)17(19)20/h2-8H,14H2,1H3. The first-order chi connectivity index (χ1) is 10.0. The van der Waals surface area contributed by atoms with E-state index in [0.29, 0.717) is 18.0 Å². The summed E-state index contributed by atoms with van der Waals surface area (Å²) in [5.74, 6) is 1.06. The molecule has 21 heavy (non-hydrogen) atoms. The van der Waals surface area contributed by atoms with Crippen molar-refractivity contribution < 1.29 is 14.5 Å². The van der Waals surface area contributed by atoms with E-state index in [-0.39, 0.29) is 17.1 Å². The molecule has 0 radical (unpaired) electrons. The van der Waals surface area contributed by atoms with Crippen molar-refractivity contribution in [3.05, 3.63) is 46.6 Å². The van der Waals surface area contributed by atoms with Gasteiger partial charge in [0, 0.05) is 19.3 Å². The number of hydrogen-bond acceptors (Lipinski definition) is 6. The summed E-state index contributed by atoms with van der Waals surface area (Å²) in [6, 6.07) is 7.26. The number of carbonyl (C=O) groups is 1. The van der Waals surface area contributed by atoms with Crippen LogP contribution in [-0.2, 0) is 4.79 Å². The van der Waals surface area contributed by atoms with Gasteiger partial charge < -0.3 is 15.4 Å². The monoisotopic (exact) mass is 288 g/mol. The van der Waals surface area contributed by atoms with Gasteiger partial charge in [-0.3, -0.25) is 14.9 Å². The SMILES string of the molecule is CN(C=O)c1cc(Oc2ccc(N)c([N+](=O)[O-])c2)ccn1. The van der Waals surface area contributed by atoms with Crippen molar-refractivity contribution >= 4 is 23.6 Å². The van der Waals surface area contributed by atoms with Crippen molar-refractivity contribution in [3.8, 4) is 11.5 Å². The highest BCUT2D eigenvalue weighted by molar-refractivity contribution is 5.72. The third-order valence-corrected chi connectivity index (χ3v) is 2.67.